The second-order valence-electron chi connectivity index (χ2n) is 7.67. The number of imidazole rings is 1. The molecule has 0 aliphatic carbocycles. The normalized spacial score (nSPS) is 31.0. The first-order valence-corrected chi connectivity index (χ1v) is 12.4. The molecule has 0 radical (unpaired) electrons. The molecule has 2 aromatic heterocycles. The maximum absolute atomic E-state index is 14.3. The lowest BCUT2D eigenvalue weighted by atomic mass is 9.96. The Morgan fingerprint density at radius 3 is 2.94 bits per heavy atom. The first kappa shape index (κ1) is 23.2. The van der Waals surface area contributed by atoms with Gasteiger partial charge in [-0.3, -0.25) is 23.4 Å². The summed E-state index contributed by atoms with van der Waals surface area (Å²) >= 11 is 5.29. The van der Waals surface area contributed by atoms with E-state index >= 15 is 0 Å². The third-order valence-corrected chi connectivity index (χ3v) is 7.73. The molecule has 3 aromatic rings. The van der Waals surface area contributed by atoms with Crippen molar-refractivity contribution in [3.8, 4) is 5.75 Å². The number of aliphatic hydroxyl groups excluding tert-OH is 2. The number of aliphatic hydroxyl groups is 2. The number of rotatable bonds is 5. The molecule has 34 heavy (non-hydrogen) atoms. The largest absolute Gasteiger partial charge is 0.424 e. The molecule has 4 heterocycles. The SMILES string of the molecule is Nc1nc2c(ncn2[C@@H]2O[C@@](COP3(=S)OCc4ccccc4O3)(C(F)F)[C@H](O)[C@H]2O)c(=O)[nH]1. The van der Waals surface area contributed by atoms with Gasteiger partial charge in [-0.1, -0.05) is 18.2 Å². The van der Waals surface area contributed by atoms with Crippen molar-refractivity contribution in [1.82, 2.24) is 19.5 Å². The molecule has 5 rings (SSSR count). The molecule has 0 spiro atoms. The smallest absolute Gasteiger partial charge is 0.381 e. The highest BCUT2D eigenvalue weighted by Crippen LogP contribution is 2.56. The minimum Gasteiger partial charge on any atom is -0.424 e. The zero-order chi connectivity index (χ0) is 24.3. The number of halogens is 2. The number of para-hydroxylation sites is 1. The van der Waals surface area contributed by atoms with Gasteiger partial charge in [-0.25, -0.2) is 13.8 Å². The maximum atomic E-state index is 14.3. The second kappa shape index (κ2) is 8.30. The van der Waals surface area contributed by atoms with Gasteiger partial charge in [0.2, 0.25) is 5.95 Å². The lowest BCUT2D eigenvalue weighted by Gasteiger charge is -2.34. The predicted octanol–water partition coefficient (Wildman–Crippen LogP) is 0.807. The van der Waals surface area contributed by atoms with Crippen molar-refractivity contribution in [2.75, 3.05) is 12.3 Å². The van der Waals surface area contributed by atoms with E-state index in [1.54, 1.807) is 24.3 Å². The Balaban J connectivity index is 1.43. The first-order chi connectivity index (χ1) is 16.1. The van der Waals surface area contributed by atoms with Crippen LogP contribution >= 0.6 is 6.72 Å². The topological polar surface area (TPSA) is 167 Å². The third kappa shape index (κ3) is 3.69. The van der Waals surface area contributed by atoms with Crippen LogP contribution in [0.3, 0.4) is 0 Å². The zero-order valence-corrected chi connectivity index (χ0v) is 18.8. The quantitative estimate of drug-likeness (QED) is 0.354. The summed E-state index contributed by atoms with van der Waals surface area (Å²) in [7, 11) is 0. The molecule has 182 valence electrons. The molecule has 5 atom stereocenters. The number of nitrogens with zero attached hydrogens (tertiary/aromatic N) is 3. The van der Waals surface area contributed by atoms with Gasteiger partial charge in [0, 0.05) is 17.4 Å². The summed E-state index contributed by atoms with van der Waals surface area (Å²) in [6.45, 7) is -4.43. The molecule has 0 saturated carbocycles. The van der Waals surface area contributed by atoms with E-state index in [9.17, 15) is 23.8 Å². The monoisotopic (exact) mass is 517 g/mol. The number of fused-ring (bicyclic) bond motifs is 2. The maximum Gasteiger partial charge on any atom is 0.381 e. The molecule has 5 N–H and O–H groups in total. The van der Waals surface area contributed by atoms with Crippen molar-refractivity contribution >= 4 is 35.6 Å². The molecule has 2 aliphatic heterocycles. The highest BCUT2D eigenvalue weighted by molar-refractivity contribution is 8.07. The van der Waals surface area contributed by atoms with Gasteiger partial charge in [0.25, 0.3) is 12.0 Å². The number of ether oxygens (including phenoxy) is 1. The van der Waals surface area contributed by atoms with Crippen molar-refractivity contribution < 1.29 is 37.3 Å². The van der Waals surface area contributed by atoms with E-state index in [1.165, 1.54) is 0 Å². The van der Waals surface area contributed by atoms with E-state index in [1.807, 2.05) is 0 Å². The van der Waals surface area contributed by atoms with Crippen molar-refractivity contribution in [3.05, 3.63) is 46.5 Å². The molecule has 1 unspecified atom stereocenters. The van der Waals surface area contributed by atoms with Gasteiger partial charge in [0.15, 0.2) is 23.0 Å². The number of anilines is 1. The number of aromatic amines is 1. The van der Waals surface area contributed by atoms with Crippen LogP contribution in [0.15, 0.2) is 35.4 Å². The number of nitrogen functional groups attached to an aromatic ring is 1. The Morgan fingerprint density at radius 1 is 1.41 bits per heavy atom. The van der Waals surface area contributed by atoms with E-state index in [0.717, 1.165) is 10.9 Å². The highest BCUT2D eigenvalue weighted by Gasteiger charge is 2.61. The number of nitrogens with two attached hydrogens (primary N) is 1. The molecule has 0 amide bonds. The number of benzene rings is 1. The predicted molar refractivity (Wildman–Crippen MR) is 116 cm³/mol. The van der Waals surface area contributed by atoms with Crippen LogP contribution in [-0.4, -0.2) is 60.6 Å². The standard InChI is InChI=1S/C18H18F2N5O7PS/c19-16(20)18(6-30-33(34)29-5-8-3-1-2-4-9(8)32-33)12(27)11(26)15(31-18)25-7-22-10-13(25)23-17(21)24-14(10)28/h1-4,7,11-12,15-16,26-27H,5-6H2,(H3,21,23,24,28)/t11-,12-,15-,18-,33?/m1/s1. The summed E-state index contributed by atoms with van der Waals surface area (Å²) in [5, 5.41) is 21.2. The van der Waals surface area contributed by atoms with Gasteiger partial charge in [-0.05, 0) is 6.07 Å². The minimum atomic E-state index is -3.52. The van der Waals surface area contributed by atoms with Crippen molar-refractivity contribution in [2.24, 2.45) is 0 Å². The summed E-state index contributed by atoms with van der Waals surface area (Å²) in [6.07, 6.45) is -7.85. The molecule has 2 aliphatic rings. The van der Waals surface area contributed by atoms with Crippen LogP contribution in [0.25, 0.3) is 11.2 Å². The van der Waals surface area contributed by atoms with Crippen LogP contribution in [0.5, 0.6) is 5.75 Å². The zero-order valence-electron chi connectivity index (χ0n) is 17.1. The van der Waals surface area contributed by atoms with E-state index in [0.29, 0.717) is 11.3 Å². The average molecular weight is 517 g/mol. The molecule has 0 bridgehead atoms. The van der Waals surface area contributed by atoms with Crippen LogP contribution in [0.1, 0.15) is 11.8 Å². The minimum absolute atomic E-state index is 0.0481. The van der Waals surface area contributed by atoms with Crippen LogP contribution < -0.4 is 15.8 Å². The Morgan fingerprint density at radius 2 is 2.18 bits per heavy atom. The number of hydrogen-bond acceptors (Lipinski definition) is 11. The van der Waals surface area contributed by atoms with Gasteiger partial charge in [-0.2, -0.15) is 4.98 Å². The Kier molecular flexibility index (Phi) is 5.67. The summed E-state index contributed by atoms with van der Waals surface area (Å²) in [5.74, 6) is 0.133. The van der Waals surface area contributed by atoms with Crippen molar-refractivity contribution in [2.45, 2.75) is 37.1 Å². The Bertz CT molecular complexity index is 1360. The van der Waals surface area contributed by atoms with Gasteiger partial charge in [0.1, 0.15) is 18.0 Å². The number of alkyl halides is 2. The first-order valence-electron chi connectivity index (χ1n) is 9.84. The molecule has 12 nitrogen and oxygen atoms in total. The van der Waals surface area contributed by atoms with Crippen LogP contribution in [0.2, 0.25) is 0 Å². The fourth-order valence-corrected chi connectivity index (χ4v) is 5.59. The fraction of sp³-hybridized carbons (Fsp3) is 0.389. The van der Waals surface area contributed by atoms with Gasteiger partial charge in [0.05, 0.1) is 19.5 Å². The molecule has 16 heteroatoms. The molecule has 1 fully saturated rings. The Labute approximate surface area is 194 Å². The number of aromatic nitrogens is 4. The summed E-state index contributed by atoms with van der Waals surface area (Å²) in [5.41, 5.74) is 2.58. The number of nitrogens with one attached hydrogen (secondary N) is 1. The van der Waals surface area contributed by atoms with E-state index in [-0.39, 0.29) is 23.7 Å². The summed E-state index contributed by atoms with van der Waals surface area (Å²) < 4.78 is 51.7. The molecular weight excluding hydrogens is 499 g/mol. The summed E-state index contributed by atoms with van der Waals surface area (Å²) in [6, 6.07) is 6.86. The van der Waals surface area contributed by atoms with E-state index in [4.69, 9.17) is 35.8 Å². The molecular formula is C18H18F2N5O7PS. The van der Waals surface area contributed by atoms with Crippen LogP contribution in [0.4, 0.5) is 14.7 Å². The van der Waals surface area contributed by atoms with Gasteiger partial charge in [-0.15, -0.1) is 0 Å². The summed E-state index contributed by atoms with van der Waals surface area (Å²) in [4.78, 5) is 22.1. The van der Waals surface area contributed by atoms with E-state index < -0.39 is 49.3 Å². The third-order valence-electron chi connectivity index (χ3n) is 5.56. The van der Waals surface area contributed by atoms with Gasteiger partial charge < -0.3 is 25.2 Å². The number of hydrogen-bond donors (Lipinski definition) is 4. The fourth-order valence-electron chi connectivity index (χ4n) is 3.77. The van der Waals surface area contributed by atoms with Crippen LogP contribution in [0, 0.1) is 0 Å². The van der Waals surface area contributed by atoms with Crippen molar-refractivity contribution in [1.29, 1.82) is 0 Å². The second-order valence-corrected chi connectivity index (χ2v) is 10.6. The van der Waals surface area contributed by atoms with E-state index in [2.05, 4.69) is 15.0 Å². The van der Waals surface area contributed by atoms with Crippen molar-refractivity contribution in [3.63, 3.8) is 0 Å². The lowest BCUT2D eigenvalue weighted by molar-refractivity contribution is -0.192. The molecule has 1 aromatic carbocycles. The van der Waals surface area contributed by atoms with Crippen LogP contribution in [-0.2, 0) is 32.2 Å². The van der Waals surface area contributed by atoms with Gasteiger partial charge >= 0.3 is 6.72 Å². The lowest BCUT2D eigenvalue weighted by Crippen LogP contribution is -2.52. The molecule has 1 saturated heterocycles. The highest BCUT2D eigenvalue weighted by atomic mass is 32.5. The average Bonchev–Trinajstić information content (AvgIpc) is 3.32. The Hall–Kier alpha value is -2.52. The number of H-pyrrole nitrogens is 1.